The van der Waals surface area contributed by atoms with Gasteiger partial charge in [-0.2, -0.15) is 4.68 Å². The van der Waals surface area contributed by atoms with Gasteiger partial charge in [0, 0.05) is 22.0 Å². The second-order valence-electron chi connectivity index (χ2n) is 9.04. The average molecular weight is 582 g/mol. The Kier molecular flexibility index (Phi) is 6.95. The third-order valence-corrected chi connectivity index (χ3v) is 6.71. The summed E-state index contributed by atoms with van der Waals surface area (Å²) in [5, 5.41) is 32.5. The van der Waals surface area contributed by atoms with Crippen LogP contribution in [0.5, 0.6) is 0 Å². The Balaban J connectivity index is 1.31. The first kappa shape index (κ1) is 26.5. The van der Waals surface area contributed by atoms with Gasteiger partial charge in [0.25, 0.3) is 0 Å². The van der Waals surface area contributed by atoms with Gasteiger partial charge in [0.05, 0.1) is 23.7 Å². The van der Waals surface area contributed by atoms with Crippen LogP contribution in [-0.4, -0.2) is 49.6 Å². The van der Waals surface area contributed by atoms with Crippen LogP contribution >= 0.6 is 11.6 Å². The van der Waals surface area contributed by atoms with Crippen LogP contribution in [-0.2, 0) is 4.74 Å². The van der Waals surface area contributed by atoms with Crippen molar-refractivity contribution in [3.63, 3.8) is 0 Å². The molecule has 0 saturated heterocycles. The van der Waals surface area contributed by atoms with Crippen LogP contribution in [0.25, 0.3) is 38.9 Å². The number of rotatable bonds is 7. The highest BCUT2D eigenvalue weighted by Crippen LogP contribution is 2.35. The molecule has 1 amide bonds. The van der Waals surface area contributed by atoms with Gasteiger partial charge in [0.1, 0.15) is 6.33 Å². The van der Waals surface area contributed by atoms with Gasteiger partial charge in [-0.1, -0.05) is 35.0 Å². The minimum absolute atomic E-state index is 0.115. The molecule has 4 aromatic carbocycles. The summed E-state index contributed by atoms with van der Waals surface area (Å²) in [4.78, 5) is 23.5. The molecule has 0 fully saturated rings. The number of aromatic carboxylic acids is 1. The normalized spacial score (nSPS) is 10.9. The van der Waals surface area contributed by atoms with Crippen molar-refractivity contribution in [2.75, 3.05) is 17.7 Å². The largest absolute Gasteiger partial charge is 0.478 e. The molecule has 6 aromatic rings. The third-order valence-electron chi connectivity index (χ3n) is 6.48. The summed E-state index contributed by atoms with van der Waals surface area (Å²) in [6.07, 6.45) is 0.895. The van der Waals surface area contributed by atoms with Gasteiger partial charge >= 0.3 is 12.1 Å². The van der Waals surface area contributed by atoms with Crippen LogP contribution in [0.1, 0.15) is 10.4 Å². The fourth-order valence-corrected chi connectivity index (χ4v) is 4.66. The van der Waals surface area contributed by atoms with E-state index in [9.17, 15) is 14.7 Å². The zero-order valence-corrected chi connectivity index (χ0v) is 22.5. The summed E-state index contributed by atoms with van der Waals surface area (Å²) in [5.74, 6) is -0.621. The van der Waals surface area contributed by atoms with Crippen LogP contribution in [0.2, 0.25) is 5.02 Å². The number of hydrogen-bond acceptors (Lipinski definition) is 9. The van der Waals surface area contributed by atoms with Gasteiger partial charge in [0.2, 0.25) is 0 Å². The number of carboxylic acids is 1. The number of benzene rings is 4. The van der Waals surface area contributed by atoms with Crippen molar-refractivity contribution in [3.05, 3.63) is 95.8 Å². The Morgan fingerprint density at radius 2 is 1.71 bits per heavy atom. The summed E-state index contributed by atoms with van der Waals surface area (Å²) < 4.78 is 11.8. The van der Waals surface area contributed by atoms with Gasteiger partial charge in [-0.15, -0.1) is 5.10 Å². The van der Waals surface area contributed by atoms with E-state index in [1.165, 1.54) is 19.5 Å². The topological polar surface area (TPSA) is 157 Å². The molecule has 0 aliphatic rings. The first-order valence-electron chi connectivity index (χ1n) is 12.4. The van der Waals surface area contributed by atoms with E-state index in [0.717, 1.165) is 16.8 Å². The Bertz CT molecular complexity index is 1940. The lowest BCUT2D eigenvalue weighted by molar-refractivity contribution is 0.0697. The number of hydrogen-bond donors (Lipinski definition) is 3. The van der Waals surface area contributed by atoms with Crippen LogP contribution in [0.3, 0.4) is 0 Å². The minimum atomic E-state index is -1.07. The molecule has 0 atom stereocenters. The van der Waals surface area contributed by atoms with Crippen molar-refractivity contribution in [2.24, 2.45) is 0 Å². The summed E-state index contributed by atoms with van der Waals surface area (Å²) in [5.41, 5.74) is 5.21. The first-order chi connectivity index (χ1) is 20.4. The number of fused-ring (bicyclic) bond motifs is 1. The van der Waals surface area contributed by atoms with E-state index in [2.05, 4.69) is 36.1 Å². The number of carbonyl (C=O) groups is 2. The molecule has 2 heterocycles. The molecule has 0 aliphatic heterocycles. The monoisotopic (exact) mass is 581 g/mol. The lowest BCUT2D eigenvalue weighted by atomic mass is 9.98. The molecule has 13 heteroatoms. The zero-order valence-electron chi connectivity index (χ0n) is 21.8. The van der Waals surface area contributed by atoms with Crippen molar-refractivity contribution >= 4 is 51.8 Å². The van der Waals surface area contributed by atoms with E-state index in [1.54, 1.807) is 47.1 Å². The summed E-state index contributed by atoms with van der Waals surface area (Å²) >= 11 is 6.30. The van der Waals surface area contributed by atoms with Crippen molar-refractivity contribution in [1.29, 1.82) is 0 Å². The van der Waals surface area contributed by atoms with Gasteiger partial charge < -0.3 is 19.7 Å². The number of aromatic nitrogens is 5. The Morgan fingerprint density at radius 3 is 2.45 bits per heavy atom. The van der Waals surface area contributed by atoms with Crippen LogP contribution < -0.4 is 10.6 Å². The molecule has 0 aliphatic carbocycles. The number of nitrogens with one attached hydrogen (secondary N) is 2. The molecule has 42 heavy (non-hydrogen) atoms. The van der Waals surface area contributed by atoms with Gasteiger partial charge in [-0.05, 0) is 87.8 Å². The van der Waals surface area contributed by atoms with Gasteiger partial charge in [-0.3, -0.25) is 5.32 Å². The second kappa shape index (κ2) is 11.0. The lowest BCUT2D eigenvalue weighted by Crippen LogP contribution is -2.10. The lowest BCUT2D eigenvalue weighted by Gasteiger charge is -2.11. The van der Waals surface area contributed by atoms with Crippen LogP contribution in [0.4, 0.5) is 22.0 Å². The highest BCUT2D eigenvalue weighted by atomic mass is 35.5. The third kappa shape index (κ3) is 5.21. The Hall–Kier alpha value is -5.75. The van der Waals surface area contributed by atoms with Crippen molar-refractivity contribution in [3.8, 4) is 27.9 Å². The molecule has 0 saturated carbocycles. The molecule has 0 spiro atoms. The van der Waals surface area contributed by atoms with Crippen LogP contribution in [0, 0.1) is 0 Å². The van der Waals surface area contributed by atoms with E-state index < -0.39 is 12.1 Å². The van der Waals surface area contributed by atoms with Gasteiger partial charge in [-0.25, -0.2) is 9.59 Å². The van der Waals surface area contributed by atoms with Crippen molar-refractivity contribution in [2.45, 2.75) is 0 Å². The molecule has 0 radical (unpaired) electrons. The van der Waals surface area contributed by atoms with Crippen molar-refractivity contribution in [1.82, 2.24) is 25.4 Å². The molecular formula is C29H20ClN7O5. The number of amides is 1. The quantitative estimate of drug-likeness (QED) is 0.192. The van der Waals surface area contributed by atoms with Gasteiger partial charge in [0.15, 0.2) is 11.4 Å². The highest BCUT2D eigenvalue weighted by molar-refractivity contribution is 6.31. The molecule has 3 N–H and O–H groups in total. The predicted octanol–water partition coefficient (Wildman–Crippen LogP) is 6.41. The number of tetrazole rings is 1. The maximum atomic E-state index is 12.0. The molecule has 12 nitrogen and oxygen atoms in total. The summed E-state index contributed by atoms with van der Waals surface area (Å²) in [6.45, 7) is 0. The SMILES string of the molecule is COC(=O)Nc1ccc(-c2cc(Nc3noc4cc(-c5cc(Cl)ccc5-n5cnnn5)ccc34)ccc2C(=O)O)cc1. The van der Waals surface area contributed by atoms with E-state index >= 15 is 0 Å². The molecule has 208 valence electrons. The highest BCUT2D eigenvalue weighted by Gasteiger charge is 2.17. The van der Waals surface area contributed by atoms with E-state index in [1.807, 2.05) is 30.3 Å². The number of methoxy groups -OCH3 is 1. The molecule has 2 aromatic heterocycles. The standard InChI is InChI=1S/C29H20ClN7O5/c1-41-29(40)33-19-6-2-16(3-7-19)23-14-20(8-10-21(23)28(38)39)32-27-22-9-4-17(12-26(22)42-34-27)24-13-18(30)5-11-25(24)37-15-31-35-36-37/h2-15H,1H3,(H,32,34)(H,33,40)(H,38,39). The van der Waals surface area contributed by atoms with Crippen LogP contribution in [0.15, 0.2) is 89.7 Å². The van der Waals surface area contributed by atoms with Crippen molar-refractivity contribution < 1.29 is 24.0 Å². The molecule has 0 unspecified atom stereocenters. The van der Waals surface area contributed by atoms with E-state index in [0.29, 0.717) is 44.3 Å². The number of anilines is 3. The Morgan fingerprint density at radius 1 is 0.929 bits per heavy atom. The fraction of sp³-hybridized carbons (Fsp3) is 0.0345. The number of halogens is 1. The van der Waals surface area contributed by atoms with E-state index in [-0.39, 0.29) is 5.56 Å². The molecule has 6 rings (SSSR count). The zero-order chi connectivity index (χ0) is 29.2. The number of ether oxygens (including phenoxy) is 1. The first-order valence-corrected chi connectivity index (χ1v) is 12.8. The average Bonchev–Trinajstić information content (AvgIpc) is 3.68. The smallest absolute Gasteiger partial charge is 0.411 e. The summed E-state index contributed by atoms with van der Waals surface area (Å²) in [6, 6.07) is 22.6. The molecule has 0 bridgehead atoms. The summed E-state index contributed by atoms with van der Waals surface area (Å²) in [7, 11) is 1.27. The number of carbonyl (C=O) groups excluding carboxylic acids is 1. The number of nitrogens with zero attached hydrogens (tertiary/aromatic N) is 5. The maximum absolute atomic E-state index is 12.0. The maximum Gasteiger partial charge on any atom is 0.411 e. The van der Waals surface area contributed by atoms with E-state index in [4.69, 9.17) is 16.1 Å². The second-order valence-corrected chi connectivity index (χ2v) is 9.48. The predicted molar refractivity (Wildman–Crippen MR) is 155 cm³/mol. The molecular weight excluding hydrogens is 562 g/mol. The Labute approximate surface area is 242 Å². The number of carboxylic acid groups (broad SMARTS) is 1. The minimum Gasteiger partial charge on any atom is -0.478 e. The fourth-order valence-electron chi connectivity index (χ4n) is 4.49.